The van der Waals surface area contributed by atoms with Gasteiger partial charge >= 0.3 is 0 Å². The highest BCUT2D eigenvalue weighted by molar-refractivity contribution is 8.34. The minimum atomic E-state index is -1.80. The summed E-state index contributed by atoms with van der Waals surface area (Å²) in [7, 11) is -1.80. The zero-order chi connectivity index (χ0) is 33.8. The molecule has 5 heteroatoms. The van der Waals surface area contributed by atoms with Gasteiger partial charge in [-0.3, -0.25) is 4.57 Å². The van der Waals surface area contributed by atoms with Crippen molar-refractivity contribution in [1.82, 2.24) is 14.5 Å². The molecule has 0 spiro atoms. The number of pyridine rings is 2. The number of thiophene rings is 1. The van der Waals surface area contributed by atoms with Crippen LogP contribution in [0.2, 0.25) is 0 Å². The zero-order valence-corrected chi connectivity index (χ0v) is 29.2. The monoisotopic (exact) mass is 689 g/mol. The molecule has 4 heterocycles. The first-order valence-electron chi connectivity index (χ1n) is 17.1. The van der Waals surface area contributed by atoms with Gasteiger partial charge in [-0.15, -0.1) is 21.4 Å². The summed E-state index contributed by atoms with van der Waals surface area (Å²) in [6.45, 7) is 0. The standard InChI is InChI=1S/C46H31N3S2/c1-4-15-34(16-5-1)51(35-17-6-2-7-18-35,36-19-8-3-9-20-36)37-21-12-14-32(30-37)33-25-26-42-40(31-33)38-22-10-11-24-41(38)49(42)44-28-27-43-45(48-44)39-23-13-29-47-46(39)50-43/h1-31H. The van der Waals surface area contributed by atoms with Crippen molar-refractivity contribution in [2.75, 3.05) is 0 Å². The van der Waals surface area contributed by atoms with Crippen molar-refractivity contribution in [3.63, 3.8) is 0 Å². The van der Waals surface area contributed by atoms with Gasteiger partial charge in [-0.1, -0.05) is 91.0 Å². The van der Waals surface area contributed by atoms with E-state index in [1.165, 1.54) is 41.5 Å². The van der Waals surface area contributed by atoms with E-state index in [9.17, 15) is 0 Å². The number of nitrogens with zero attached hydrogens (tertiary/aromatic N) is 3. The summed E-state index contributed by atoms with van der Waals surface area (Å²) in [6.07, 6.45) is 1.85. The summed E-state index contributed by atoms with van der Waals surface area (Å²) in [5.74, 6) is 0.911. The second-order valence-electron chi connectivity index (χ2n) is 12.6. The summed E-state index contributed by atoms with van der Waals surface area (Å²) < 4.78 is 3.45. The summed E-state index contributed by atoms with van der Waals surface area (Å²) >= 11 is 1.69. The smallest absolute Gasteiger partial charge is 0.138 e. The molecule has 0 fully saturated rings. The summed E-state index contributed by atoms with van der Waals surface area (Å²) in [6, 6.07) is 66.3. The van der Waals surface area contributed by atoms with Crippen LogP contribution in [-0.4, -0.2) is 14.5 Å². The lowest BCUT2D eigenvalue weighted by molar-refractivity contribution is 1.10. The normalized spacial score (nSPS) is 12.2. The Bertz CT molecular complexity index is 2760. The Morgan fingerprint density at radius 3 is 1.78 bits per heavy atom. The summed E-state index contributed by atoms with van der Waals surface area (Å²) in [5.41, 5.74) is 5.67. The van der Waals surface area contributed by atoms with E-state index in [1.54, 1.807) is 11.3 Å². The average molecular weight is 690 g/mol. The molecule has 10 aromatic rings. The van der Waals surface area contributed by atoms with E-state index in [0.717, 1.165) is 37.3 Å². The van der Waals surface area contributed by atoms with E-state index in [4.69, 9.17) is 4.98 Å². The maximum atomic E-state index is 5.25. The fraction of sp³-hybridized carbons (Fsp3) is 0. The molecule has 0 aliphatic carbocycles. The molecule has 6 aromatic carbocycles. The first-order chi connectivity index (χ1) is 25.3. The van der Waals surface area contributed by atoms with Crippen molar-refractivity contribution in [3.8, 4) is 16.9 Å². The molecule has 0 aliphatic heterocycles. The number of rotatable bonds is 6. The third-order valence-electron chi connectivity index (χ3n) is 9.79. The summed E-state index contributed by atoms with van der Waals surface area (Å²) in [5, 5.41) is 3.52. The molecule has 0 saturated heterocycles. The molecule has 0 atom stereocenters. The highest BCUT2D eigenvalue weighted by atomic mass is 32.3. The molecule has 242 valence electrons. The second-order valence-corrected chi connectivity index (χ2v) is 16.8. The van der Waals surface area contributed by atoms with Gasteiger partial charge in [0.1, 0.15) is 10.6 Å². The van der Waals surface area contributed by atoms with E-state index < -0.39 is 10.0 Å². The SMILES string of the molecule is c1ccc(S(c2ccccc2)(c2ccccc2)c2cccc(-c3ccc4c(c3)c3ccccc3n4-c3ccc4sc5ncccc5c4n3)c2)cc1. The third-order valence-corrected chi connectivity index (χ3v) is 14.8. The van der Waals surface area contributed by atoms with Gasteiger partial charge in [0.05, 0.1) is 21.3 Å². The van der Waals surface area contributed by atoms with Crippen LogP contribution in [0.5, 0.6) is 0 Å². The van der Waals surface area contributed by atoms with Crippen LogP contribution in [0.3, 0.4) is 0 Å². The first-order valence-corrected chi connectivity index (χ1v) is 19.5. The maximum Gasteiger partial charge on any atom is 0.138 e. The highest BCUT2D eigenvalue weighted by Gasteiger charge is 2.33. The van der Waals surface area contributed by atoms with E-state index in [2.05, 4.69) is 185 Å². The molecule has 0 amide bonds. The lowest BCUT2D eigenvalue weighted by Crippen LogP contribution is -2.05. The second kappa shape index (κ2) is 12.1. The Morgan fingerprint density at radius 2 is 1.06 bits per heavy atom. The quantitative estimate of drug-likeness (QED) is 0.174. The Labute approximate surface area is 301 Å². The van der Waals surface area contributed by atoms with Crippen LogP contribution >= 0.6 is 21.4 Å². The van der Waals surface area contributed by atoms with Crippen LogP contribution in [0, 0.1) is 0 Å². The van der Waals surface area contributed by atoms with Crippen molar-refractivity contribution in [1.29, 1.82) is 0 Å². The van der Waals surface area contributed by atoms with Gasteiger partial charge in [0.2, 0.25) is 0 Å². The van der Waals surface area contributed by atoms with Crippen LogP contribution in [0.15, 0.2) is 208 Å². The van der Waals surface area contributed by atoms with E-state index >= 15 is 0 Å². The van der Waals surface area contributed by atoms with Crippen LogP contribution < -0.4 is 0 Å². The van der Waals surface area contributed by atoms with Crippen LogP contribution in [0.4, 0.5) is 0 Å². The third kappa shape index (κ3) is 4.73. The number of hydrogen-bond donors (Lipinski definition) is 0. The van der Waals surface area contributed by atoms with Gasteiger partial charge in [-0.25, -0.2) is 9.97 Å². The van der Waals surface area contributed by atoms with Crippen molar-refractivity contribution < 1.29 is 0 Å². The van der Waals surface area contributed by atoms with Gasteiger partial charge in [-0.2, -0.15) is 0 Å². The Kier molecular flexibility index (Phi) is 7.08. The van der Waals surface area contributed by atoms with E-state index in [1.807, 2.05) is 12.3 Å². The molecule has 0 unspecified atom stereocenters. The Morgan fingerprint density at radius 1 is 0.451 bits per heavy atom. The van der Waals surface area contributed by atoms with Crippen LogP contribution in [0.25, 0.3) is 59.2 Å². The molecular formula is C46H31N3S2. The number of benzene rings is 6. The van der Waals surface area contributed by atoms with E-state index in [-0.39, 0.29) is 0 Å². The molecule has 0 radical (unpaired) electrons. The largest absolute Gasteiger partial charge is 0.294 e. The maximum absolute atomic E-state index is 5.25. The summed E-state index contributed by atoms with van der Waals surface area (Å²) in [4.78, 5) is 16.1. The van der Waals surface area contributed by atoms with Crippen LogP contribution in [-0.2, 0) is 0 Å². The fourth-order valence-electron chi connectivity index (χ4n) is 7.55. The molecule has 51 heavy (non-hydrogen) atoms. The average Bonchev–Trinajstić information content (AvgIpc) is 3.75. The molecule has 0 aliphatic rings. The molecule has 3 nitrogen and oxygen atoms in total. The number of hydrogen-bond acceptors (Lipinski definition) is 3. The molecule has 0 saturated carbocycles. The van der Waals surface area contributed by atoms with Gasteiger partial charge in [-0.05, 0) is 102 Å². The lowest BCUT2D eigenvalue weighted by Gasteiger charge is -2.42. The fourth-order valence-corrected chi connectivity index (χ4v) is 12.4. The number of fused-ring (bicyclic) bond motifs is 6. The minimum absolute atomic E-state index is 0.911. The number of para-hydroxylation sites is 1. The molecule has 10 rings (SSSR count). The molecule has 0 N–H and O–H groups in total. The van der Waals surface area contributed by atoms with Crippen molar-refractivity contribution in [2.24, 2.45) is 0 Å². The highest BCUT2D eigenvalue weighted by Crippen LogP contribution is 2.73. The van der Waals surface area contributed by atoms with Gasteiger partial charge < -0.3 is 0 Å². The van der Waals surface area contributed by atoms with Crippen molar-refractivity contribution in [3.05, 3.63) is 188 Å². The van der Waals surface area contributed by atoms with Gasteiger partial charge in [0.15, 0.2) is 0 Å². The minimum Gasteiger partial charge on any atom is -0.294 e. The lowest BCUT2D eigenvalue weighted by atomic mass is 10.0. The first kappa shape index (κ1) is 29.9. The predicted molar refractivity (Wildman–Crippen MR) is 215 cm³/mol. The van der Waals surface area contributed by atoms with Crippen molar-refractivity contribution in [2.45, 2.75) is 19.6 Å². The van der Waals surface area contributed by atoms with Crippen LogP contribution in [0.1, 0.15) is 0 Å². The molecule has 4 aromatic heterocycles. The van der Waals surface area contributed by atoms with Gasteiger partial charge in [0, 0.05) is 41.9 Å². The Balaban J connectivity index is 1.17. The molecular weight excluding hydrogens is 659 g/mol. The predicted octanol–water partition coefficient (Wildman–Crippen LogP) is 12.9. The van der Waals surface area contributed by atoms with Crippen molar-refractivity contribution >= 4 is 63.6 Å². The van der Waals surface area contributed by atoms with Gasteiger partial charge in [0.25, 0.3) is 0 Å². The molecule has 0 bridgehead atoms. The topological polar surface area (TPSA) is 30.7 Å². The van der Waals surface area contributed by atoms with E-state index in [0.29, 0.717) is 0 Å². The zero-order valence-electron chi connectivity index (χ0n) is 27.6. The number of aromatic nitrogens is 3. The Hall–Kier alpha value is -6.01.